The fourth-order valence-corrected chi connectivity index (χ4v) is 3.44. The standard InChI is InChI=1S/C18H21F3N2O3/c19-18(20,21)15-4-2-1-3-13(15)10-23-11-14(9-16(23)24)22-17(25)12-5-7-26-8-6-12/h1-4,12,14H,5-11H2,(H,22,25)/t14-/m0/s1. The molecule has 0 aromatic heterocycles. The largest absolute Gasteiger partial charge is 0.416 e. The van der Waals surface area contributed by atoms with E-state index in [0.717, 1.165) is 6.07 Å². The predicted octanol–water partition coefficient (Wildman–Crippen LogP) is 2.35. The van der Waals surface area contributed by atoms with Crippen molar-refractivity contribution in [3.05, 3.63) is 35.4 Å². The summed E-state index contributed by atoms with van der Waals surface area (Å²) in [5, 5.41) is 2.86. The van der Waals surface area contributed by atoms with Gasteiger partial charge in [-0.1, -0.05) is 18.2 Å². The molecule has 1 aromatic rings. The van der Waals surface area contributed by atoms with Gasteiger partial charge in [-0.15, -0.1) is 0 Å². The summed E-state index contributed by atoms with van der Waals surface area (Å²) >= 11 is 0. The van der Waals surface area contributed by atoms with Crippen molar-refractivity contribution in [1.29, 1.82) is 0 Å². The minimum Gasteiger partial charge on any atom is -0.381 e. The number of nitrogens with one attached hydrogen (secondary N) is 1. The molecule has 2 fully saturated rings. The van der Waals surface area contributed by atoms with Crippen molar-refractivity contribution < 1.29 is 27.5 Å². The van der Waals surface area contributed by atoms with Crippen molar-refractivity contribution in [3.8, 4) is 0 Å². The van der Waals surface area contributed by atoms with Crippen LogP contribution in [0.4, 0.5) is 13.2 Å². The summed E-state index contributed by atoms with van der Waals surface area (Å²) < 4.78 is 44.5. The van der Waals surface area contributed by atoms with E-state index in [1.54, 1.807) is 0 Å². The van der Waals surface area contributed by atoms with Crippen molar-refractivity contribution in [1.82, 2.24) is 10.2 Å². The SMILES string of the molecule is O=C(N[C@H]1CC(=O)N(Cc2ccccc2C(F)(F)F)C1)C1CCOCC1. The predicted molar refractivity (Wildman–Crippen MR) is 87.0 cm³/mol. The van der Waals surface area contributed by atoms with Crippen LogP contribution in [0.1, 0.15) is 30.4 Å². The first kappa shape index (κ1) is 18.7. The van der Waals surface area contributed by atoms with Crippen LogP contribution >= 0.6 is 0 Å². The molecular weight excluding hydrogens is 349 g/mol. The normalized spacial score (nSPS) is 21.9. The molecule has 0 bridgehead atoms. The van der Waals surface area contributed by atoms with Crippen LogP contribution in [0.15, 0.2) is 24.3 Å². The number of hydrogen-bond donors (Lipinski definition) is 1. The highest BCUT2D eigenvalue weighted by atomic mass is 19.4. The lowest BCUT2D eigenvalue weighted by Gasteiger charge is -2.23. The van der Waals surface area contributed by atoms with Gasteiger partial charge in [0.05, 0.1) is 11.6 Å². The molecule has 2 saturated heterocycles. The van der Waals surface area contributed by atoms with Crippen LogP contribution in [0.25, 0.3) is 0 Å². The van der Waals surface area contributed by atoms with E-state index in [2.05, 4.69) is 5.32 Å². The first-order chi connectivity index (χ1) is 12.3. The molecule has 2 heterocycles. The second-order valence-electron chi connectivity index (χ2n) is 6.73. The van der Waals surface area contributed by atoms with E-state index in [1.807, 2.05) is 0 Å². The molecule has 26 heavy (non-hydrogen) atoms. The van der Waals surface area contributed by atoms with Gasteiger partial charge in [-0.3, -0.25) is 9.59 Å². The Labute approximate surface area is 149 Å². The van der Waals surface area contributed by atoms with Crippen molar-refractivity contribution in [2.24, 2.45) is 5.92 Å². The zero-order valence-corrected chi connectivity index (χ0v) is 14.2. The molecule has 142 valence electrons. The smallest absolute Gasteiger partial charge is 0.381 e. The molecule has 2 aliphatic rings. The lowest BCUT2D eigenvalue weighted by Crippen LogP contribution is -2.42. The van der Waals surface area contributed by atoms with E-state index >= 15 is 0 Å². The molecule has 0 radical (unpaired) electrons. The second-order valence-corrected chi connectivity index (χ2v) is 6.73. The molecule has 1 atom stereocenters. The first-order valence-electron chi connectivity index (χ1n) is 8.65. The van der Waals surface area contributed by atoms with Gasteiger partial charge in [-0.05, 0) is 24.5 Å². The average Bonchev–Trinajstić information content (AvgIpc) is 2.94. The van der Waals surface area contributed by atoms with E-state index in [0.29, 0.717) is 26.1 Å². The quantitative estimate of drug-likeness (QED) is 0.885. The first-order valence-corrected chi connectivity index (χ1v) is 8.65. The highest BCUT2D eigenvalue weighted by molar-refractivity contribution is 5.83. The number of carbonyl (C=O) groups is 2. The van der Waals surface area contributed by atoms with Crippen LogP contribution in [0, 0.1) is 5.92 Å². The van der Waals surface area contributed by atoms with Crippen LogP contribution in [-0.2, 0) is 27.0 Å². The topological polar surface area (TPSA) is 58.6 Å². The Hall–Kier alpha value is -2.09. The Balaban J connectivity index is 1.61. The third-order valence-corrected chi connectivity index (χ3v) is 4.84. The van der Waals surface area contributed by atoms with E-state index in [4.69, 9.17) is 4.74 Å². The van der Waals surface area contributed by atoms with Gasteiger partial charge >= 0.3 is 6.18 Å². The highest BCUT2D eigenvalue weighted by Crippen LogP contribution is 2.33. The van der Waals surface area contributed by atoms with Gasteiger partial charge in [-0.2, -0.15) is 13.2 Å². The van der Waals surface area contributed by atoms with Gasteiger partial charge in [0.25, 0.3) is 0 Å². The Morgan fingerprint density at radius 2 is 1.92 bits per heavy atom. The van der Waals surface area contributed by atoms with Crippen molar-refractivity contribution in [2.45, 2.75) is 38.0 Å². The summed E-state index contributed by atoms with van der Waals surface area (Å²) in [6.45, 7) is 1.20. The van der Waals surface area contributed by atoms with Gasteiger partial charge in [0.1, 0.15) is 0 Å². The van der Waals surface area contributed by atoms with E-state index in [-0.39, 0.29) is 48.8 Å². The zero-order chi connectivity index (χ0) is 18.7. The number of carbonyl (C=O) groups excluding carboxylic acids is 2. The number of benzene rings is 1. The number of hydrogen-bond acceptors (Lipinski definition) is 3. The molecule has 5 nitrogen and oxygen atoms in total. The van der Waals surface area contributed by atoms with Crippen LogP contribution in [0.2, 0.25) is 0 Å². The fraction of sp³-hybridized carbons (Fsp3) is 0.556. The third kappa shape index (κ3) is 4.35. The number of halogens is 3. The Morgan fingerprint density at radius 3 is 2.62 bits per heavy atom. The third-order valence-electron chi connectivity index (χ3n) is 4.84. The van der Waals surface area contributed by atoms with Gasteiger partial charge < -0.3 is 15.0 Å². The van der Waals surface area contributed by atoms with Crippen LogP contribution in [0.5, 0.6) is 0 Å². The summed E-state index contributed by atoms with van der Waals surface area (Å²) in [6.07, 6.45) is -3.05. The number of rotatable bonds is 4. The summed E-state index contributed by atoms with van der Waals surface area (Å²) in [6, 6.07) is 4.88. The summed E-state index contributed by atoms with van der Waals surface area (Å²) in [5.74, 6) is -0.484. The lowest BCUT2D eigenvalue weighted by molar-refractivity contribution is -0.139. The Bertz CT molecular complexity index is 672. The summed E-state index contributed by atoms with van der Waals surface area (Å²) in [7, 11) is 0. The van der Waals surface area contributed by atoms with Crippen LogP contribution in [-0.4, -0.2) is 42.5 Å². The fourth-order valence-electron chi connectivity index (χ4n) is 3.44. The molecule has 3 rings (SSSR count). The van der Waals surface area contributed by atoms with Gasteiger partial charge in [0, 0.05) is 38.6 Å². The maximum Gasteiger partial charge on any atom is 0.416 e. The lowest BCUT2D eigenvalue weighted by atomic mass is 9.99. The molecular formula is C18H21F3N2O3. The van der Waals surface area contributed by atoms with Crippen LogP contribution < -0.4 is 5.32 Å². The maximum atomic E-state index is 13.1. The van der Waals surface area contributed by atoms with Gasteiger partial charge in [0.2, 0.25) is 11.8 Å². The molecule has 2 aliphatic heterocycles. The monoisotopic (exact) mass is 370 g/mol. The number of amides is 2. The minimum absolute atomic E-state index is 0.0600. The van der Waals surface area contributed by atoms with Crippen molar-refractivity contribution in [2.75, 3.05) is 19.8 Å². The van der Waals surface area contributed by atoms with Crippen LogP contribution in [0.3, 0.4) is 0 Å². The number of nitrogens with zero attached hydrogens (tertiary/aromatic N) is 1. The summed E-state index contributed by atoms with van der Waals surface area (Å²) in [5.41, 5.74) is -0.674. The molecule has 0 saturated carbocycles. The molecule has 0 spiro atoms. The van der Waals surface area contributed by atoms with Gasteiger partial charge in [0.15, 0.2) is 0 Å². The van der Waals surface area contributed by atoms with E-state index < -0.39 is 11.7 Å². The molecule has 2 amide bonds. The average molecular weight is 370 g/mol. The number of likely N-dealkylation sites (tertiary alicyclic amines) is 1. The molecule has 0 unspecified atom stereocenters. The minimum atomic E-state index is -4.46. The maximum absolute atomic E-state index is 13.1. The van der Waals surface area contributed by atoms with E-state index in [9.17, 15) is 22.8 Å². The summed E-state index contributed by atoms with van der Waals surface area (Å²) in [4.78, 5) is 25.8. The second kappa shape index (κ2) is 7.65. The van der Waals surface area contributed by atoms with Gasteiger partial charge in [-0.25, -0.2) is 0 Å². The number of alkyl halides is 3. The van der Waals surface area contributed by atoms with Crippen molar-refractivity contribution in [3.63, 3.8) is 0 Å². The molecule has 1 aromatic carbocycles. The van der Waals surface area contributed by atoms with Crippen molar-refractivity contribution >= 4 is 11.8 Å². The molecule has 0 aliphatic carbocycles. The molecule has 8 heteroatoms. The zero-order valence-electron chi connectivity index (χ0n) is 14.2. The highest BCUT2D eigenvalue weighted by Gasteiger charge is 2.36. The molecule has 1 N–H and O–H groups in total. The van der Waals surface area contributed by atoms with E-state index in [1.165, 1.54) is 23.1 Å². The number of ether oxygens (including phenoxy) is 1. The Morgan fingerprint density at radius 1 is 1.23 bits per heavy atom. The Kier molecular flexibility index (Phi) is 5.50.